The van der Waals surface area contributed by atoms with E-state index in [0.29, 0.717) is 0 Å². The first-order valence-corrected chi connectivity index (χ1v) is 5.42. The first kappa shape index (κ1) is 19.5. The number of hydrogen-bond donors (Lipinski definition) is 2. The molecule has 1 amide bonds. The summed E-state index contributed by atoms with van der Waals surface area (Å²) in [7, 11) is 0. The standard InChI is InChI=1S/C12H19N3O.2ClH/c1-7-5-6-11(10(4)14-7)15-12(16)8(2)9(3)13;;/h5-6,8-9H,13H2,1-4H3,(H,15,16);2*1H. The van der Waals surface area contributed by atoms with Gasteiger partial charge < -0.3 is 11.1 Å². The van der Waals surface area contributed by atoms with E-state index in [1.807, 2.05) is 39.8 Å². The van der Waals surface area contributed by atoms with Crippen LogP contribution in [0.1, 0.15) is 25.2 Å². The number of carbonyl (C=O) groups excluding carboxylic acids is 1. The molecule has 3 N–H and O–H groups in total. The molecule has 104 valence electrons. The van der Waals surface area contributed by atoms with E-state index in [2.05, 4.69) is 10.3 Å². The normalized spacial score (nSPS) is 12.7. The lowest BCUT2D eigenvalue weighted by molar-refractivity contribution is -0.119. The van der Waals surface area contributed by atoms with E-state index in [1.165, 1.54) is 0 Å². The molecule has 0 aliphatic heterocycles. The Hall–Kier alpha value is -0.840. The fraction of sp³-hybridized carbons (Fsp3) is 0.500. The van der Waals surface area contributed by atoms with Crippen molar-refractivity contribution in [3.63, 3.8) is 0 Å². The molecule has 0 aliphatic rings. The van der Waals surface area contributed by atoms with Crippen LogP contribution in [0.5, 0.6) is 0 Å². The average Bonchev–Trinajstić information content (AvgIpc) is 2.20. The second-order valence-electron chi connectivity index (χ2n) is 4.22. The summed E-state index contributed by atoms with van der Waals surface area (Å²) < 4.78 is 0. The van der Waals surface area contributed by atoms with Crippen LogP contribution in [0.3, 0.4) is 0 Å². The highest BCUT2D eigenvalue weighted by Crippen LogP contribution is 2.14. The quantitative estimate of drug-likeness (QED) is 0.900. The maximum atomic E-state index is 11.8. The van der Waals surface area contributed by atoms with Gasteiger partial charge in [-0.25, -0.2) is 0 Å². The van der Waals surface area contributed by atoms with Crippen LogP contribution in [0.25, 0.3) is 0 Å². The van der Waals surface area contributed by atoms with Gasteiger partial charge in [-0.05, 0) is 32.9 Å². The molecule has 0 radical (unpaired) electrons. The van der Waals surface area contributed by atoms with Gasteiger partial charge in [-0.3, -0.25) is 9.78 Å². The van der Waals surface area contributed by atoms with Gasteiger partial charge in [-0.15, -0.1) is 24.8 Å². The second kappa shape index (κ2) is 8.29. The van der Waals surface area contributed by atoms with Crippen molar-refractivity contribution in [1.82, 2.24) is 4.98 Å². The predicted octanol–water partition coefficient (Wildman–Crippen LogP) is 2.46. The van der Waals surface area contributed by atoms with Crippen molar-refractivity contribution in [2.75, 3.05) is 5.32 Å². The summed E-state index contributed by atoms with van der Waals surface area (Å²) in [5, 5.41) is 2.84. The van der Waals surface area contributed by atoms with Crippen molar-refractivity contribution in [2.45, 2.75) is 33.7 Å². The summed E-state index contributed by atoms with van der Waals surface area (Å²) in [4.78, 5) is 16.1. The maximum Gasteiger partial charge on any atom is 0.228 e. The van der Waals surface area contributed by atoms with Crippen LogP contribution in [0.15, 0.2) is 12.1 Å². The zero-order valence-electron chi connectivity index (χ0n) is 11.1. The van der Waals surface area contributed by atoms with Gasteiger partial charge >= 0.3 is 0 Å². The Balaban J connectivity index is 0. The minimum absolute atomic E-state index is 0. The van der Waals surface area contributed by atoms with Crippen LogP contribution in [-0.2, 0) is 4.79 Å². The lowest BCUT2D eigenvalue weighted by Gasteiger charge is -2.16. The molecule has 0 aliphatic carbocycles. The third kappa shape index (κ3) is 5.21. The minimum Gasteiger partial charge on any atom is -0.327 e. The van der Waals surface area contributed by atoms with Gasteiger partial charge in [0.25, 0.3) is 0 Å². The Labute approximate surface area is 121 Å². The first-order chi connectivity index (χ1) is 7.41. The van der Waals surface area contributed by atoms with Gasteiger partial charge in [0, 0.05) is 11.7 Å². The topological polar surface area (TPSA) is 68.0 Å². The van der Waals surface area contributed by atoms with Gasteiger partial charge in [0.05, 0.1) is 17.3 Å². The second-order valence-corrected chi connectivity index (χ2v) is 4.22. The highest BCUT2D eigenvalue weighted by atomic mass is 35.5. The lowest BCUT2D eigenvalue weighted by atomic mass is 10.0. The van der Waals surface area contributed by atoms with Crippen molar-refractivity contribution >= 4 is 36.4 Å². The number of carbonyl (C=O) groups is 1. The summed E-state index contributed by atoms with van der Waals surface area (Å²) >= 11 is 0. The molecule has 0 spiro atoms. The van der Waals surface area contributed by atoms with Gasteiger partial charge in [0.2, 0.25) is 5.91 Å². The SMILES string of the molecule is Cc1ccc(NC(=O)C(C)C(C)N)c(C)n1.Cl.Cl. The molecular weight excluding hydrogens is 273 g/mol. The number of aryl methyl sites for hydroxylation is 2. The number of hydrogen-bond acceptors (Lipinski definition) is 3. The van der Waals surface area contributed by atoms with Gasteiger partial charge in [-0.2, -0.15) is 0 Å². The van der Waals surface area contributed by atoms with Crippen molar-refractivity contribution in [3.05, 3.63) is 23.5 Å². The molecule has 1 heterocycles. The van der Waals surface area contributed by atoms with E-state index >= 15 is 0 Å². The number of rotatable bonds is 3. The number of halogens is 2. The van der Waals surface area contributed by atoms with Crippen molar-refractivity contribution in [3.8, 4) is 0 Å². The zero-order chi connectivity index (χ0) is 12.3. The van der Waals surface area contributed by atoms with Gasteiger partial charge in [0.15, 0.2) is 0 Å². The van der Waals surface area contributed by atoms with Gasteiger partial charge in [-0.1, -0.05) is 6.92 Å². The molecule has 0 aromatic carbocycles. The fourth-order valence-corrected chi connectivity index (χ4v) is 1.30. The van der Waals surface area contributed by atoms with E-state index in [0.717, 1.165) is 17.1 Å². The zero-order valence-corrected chi connectivity index (χ0v) is 12.7. The van der Waals surface area contributed by atoms with Crippen molar-refractivity contribution in [2.24, 2.45) is 11.7 Å². The molecule has 18 heavy (non-hydrogen) atoms. The molecule has 2 unspecified atom stereocenters. The monoisotopic (exact) mass is 293 g/mol. The Morgan fingerprint density at radius 1 is 1.28 bits per heavy atom. The summed E-state index contributed by atoms with van der Waals surface area (Å²) in [6, 6.07) is 3.58. The molecule has 6 heteroatoms. The lowest BCUT2D eigenvalue weighted by Crippen LogP contribution is -2.34. The van der Waals surface area contributed by atoms with Crippen molar-refractivity contribution in [1.29, 1.82) is 0 Å². The number of nitrogens with one attached hydrogen (secondary N) is 1. The summed E-state index contributed by atoms with van der Waals surface area (Å²) in [6.07, 6.45) is 0. The molecule has 4 nitrogen and oxygen atoms in total. The molecular formula is C12H21Cl2N3O. The third-order valence-corrected chi connectivity index (χ3v) is 2.69. The Kier molecular flexibility index (Phi) is 8.99. The van der Waals surface area contributed by atoms with E-state index in [4.69, 9.17) is 5.73 Å². The smallest absolute Gasteiger partial charge is 0.228 e. The fourth-order valence-electron chi connectivity index (χ4n) is 1.30. The number of anilines is 1. The molecule has 0 bridgehead atoms. The average molecular weight is 294 g/mol. The molecule has 1 aromatic rings. The molecule has 0 fully saturated rings. The van der Waals surface area contributed by atoms with Crippen LogP contribution in [0, 0.1) is 19.8 Å². The number of pyridine rings is 1. The number of nitrogens with two attached hydrogens (primary N) is 1. The van der Waals surface area contributed by atoms with E-state index in [9.17, 15) is 4.79 Å². The third-order valence-electron chi connectivity index (χ3n) is 2.69. The van der Waals surface area contributed by atoms with Crippen LogP contribution in [0.2, 0.25) is 0 Å². The van der Waals surface area contributed by atoms with Crippen LogP contribution < -0.4 is 11.1 Å². The molecule has 0 saturated heterocycles. The van der Waals surface area contributed by atoms with Crippen LogP contribution >= 0.6 is 24.8 Å². The summed E-state index contributed by atoms with van der Waals surface area (Å²) in [5.74, 6) is -0.274. The first-order valence-electron chi connectivity index (χ1n) is 5.42. The Morgan fingerprint density at radius 3 is 2.28 bits per heavy atom. The van der Waals surface area contributed by atoms with Gasteiger partial charge in [0.1, 0.15) is 0 Å². The van der Waals surface area contributed by atoms with Crippen LogP contribution in [0.4, 0.5) is 5.69 Å². The van der Waals surface area contributed by atoms with E-state index in [-0.39, 0.29) is 42.7 Å². The number of aromatic nitrogens is 1. The molecule has 1 rings (SSSR count). The number of nitrogens with zero attached hydrogens (tertiary/aromatic N) is 1. The summed E-state index contributed by atoms with van der Waals surface area (Å²) in [6.45, 7) is 7.43. The number of amides is 1. The maximum absolute atomic E-state index is 11.8. The highest BCUT2D eigenvalue weighted by Gasteiger charge is 2.17. The van der Waals surface area contributed by atoms with E-state index < -0.39 is 0 Å². The van der Waals surface area contributed by atoms with Crippen LogP contribution in [-0.4, -0.2) is 16.9 Å². The van der Waals surface area contributed by atoms with Crippen molar-refractivity contribution < 1.29 is 4.79 Å². The molecule has 2 atom stereocenters. The Morgan fingerprint density at radius 2 is 1.83 bits per heavy atom. The van der Waals surface area contributed by atoms with E-state index in [1.54, 1.807) is 0 Å². The largest absolute Gasteiger partial charge is 0.327 e. The molecule has 0 saturated carbocycles. The summed E-state index contributed by atoms with van der Waals surface area (Å²) in [5.41, 5.74) is 8.19. The highest BCUT2D eigenvalue weighted by molar-refractivity contribution is 5.93. The molecule has 1 aromatic heterocycles. The Bertz CT molecular complexity index is 397. The predicted molar refractivity (Wildman–Crippen MR) is 79.7 cm³/mol. The minimum atomic E-state index is -0.208.